The van der Waals surface area contributed by atoms with E-state index in [-0.39, 0.29) is 18.2 Å². The van der Waals surface area contributed by atoms with E-state index in [2.05, 4.69) is 11.0 Å². The number of hydrogen-bond donors (Lipinski definition) is 0. The van der Waals surface area contributed by atoms with E-state index in [9.17, 15) is 9.59 Å². The molecule has 0 radical (unpaired) electrons. The molecule has 2 saturated heterocycles. The van der Waals surface area contributed by atoms with Gasteiger partial charge in [-0.05, 0) is 56.3 Å². The Labute approximate surface area is 188 Å². The summed E-state index contributed by atoms with van der Waals surface area (Å²) in [6, 6.07) is 12.6. The van der Waals surface area contributed by atoms with Gasteiger partial charge >= 0.3 is 0 Å². The van der Waals surface area contributed by atoms with Gasteiger partial charge in [-0.25, -0.2) is 9.88 Å². The summed E-state index contributed by atoms with van der Waals surface area (Å²) in [5.74, 6) is 0.0190. The monoisotopic (exact) mass is 459 g/mol. The lowest BCUT2D eigenvalue weighted by Crippen LogP contribution is -2.45. The van der Waals surface area contributed by atoms with Gasteiger partial charge < -0.3 is 0 Å². The molecule has 154 valence electrons. The van der Waals surface area contributed by atoms with Gasteiger partial charge in [0.05, 0.1) is 43.4 Å². The zero-order valence-corrected chi connectivity index (χ0v) is 18.4. The molecule has 1 aromatic heterocycles. The summed E-state index contributed by atoms with van der Waals surface area (Å²) in [6.45, 7) is 1.55. The molecule has 5 nitrogen and oxygen atoms in total. The number of carbonyl (C=O) groups excluding carboxylic acids is 2. The quantitative estimate of drug-likeness (QED) is 0.510. The van der Waals surface area contributed by atoms with Crippen molar-refractivity contribution in [1.82, 2.24) is 9.88 Å². The summed E-state index contributed by atoms with van der Waals surface area (Å²) in [5.41, 5.74) is 1.53. The average molecular weight is 460 g/mol. The van der Waals surface area contributed by atoms with Crippen molar-refractivity contribution in [2.45, 2.75) is 31.2 Å². The molecular weight excluding hydrogens is 441 g/mol. The van der Waals surface area contributed by atoms with Gasteiger partial charge in [-0.2, -0.15) is 0 Å². The van der Waals surface area contributed by atoms with Crippen molar-refractivity contribution in [1.29, 1.82) is 0 Å². The maximum absolute atomic E-state index is 13.1. The Kier molecular flexibility index (Phi) is 5.27. The molecule has 0 bridgehead atoms. The first-order valence-electron chi connectivity index (χ1n) is 9.92. The average Bonchev–Trinajstić information content (AvgIpc) is 3.31. The number of piperidine rings is 1. The van der Waals surface area contributed by atoms with Crippen LogP contribution in [0.15, 0.2) is 42.5 Å². The predicted octanol–water partition coefficient (Wildman–Crippen LogP) is 5.11. The van der Waals surface area contributed by atoms with Gasteiger partial charge in [0, 0.05) is 5.92 Å². The maximum atomic E-state index is 13.1. The highest BCUT2D eigenvalue weighted by atomic mass is 35.5. The third-order valence-corrected chi connectivity index (χ3v) is 7.85. The molecule has 3 aromatic rings. The van der Waals surface area contributed by atoms with Gasteiger partial charge in [0.2, 0.25) is 5.91 Å². The minimum atomic E-state index is -0.414. The van der Waals surface area contributed by atoms with Crippen LogP contribution >= 0.6 is 34.5 Å². The Balaban J connectivity index is 1.28. The number of aromatic nitrogens is 1. The molecule has 1 atom stereocenters. The molecule has 8 heteroatoms. The number of fused-ring (bicyclic) bond motifs is 1. The second kappa shape index (κ2) is 7.93. The Morgan fingerprint density at radius 1 is 1.00 bits per heavy atom. The van der Waals surface area contributed by atoms with E-state index in [1.54, 1.807) is 29.5 Å². The molecule has 2 fully saturated rings. The smallest absolute Gasteiger partial charge is 0.251 e. The first-order valence-corrected chi connectivity index (χ1v) is 11.5. The summed E-state index contributed by atoms with van der Waals surface area (Å²) >= 11 is 13.8. The molecule has 0 unspecified atom stereocenters. The standard InChI is InChI=1S/C22H19Cl2N3O2S/c23-15-6-5-14(11-16(15)24)27-20(28)12-18(22(27)29)26-9-7-13(8-10-26)21-25-17-3-1-2-4-19(17)30-21/h1-6,11,13,18H,7-10,12H2/t18-/m1/s1. The lowest BCUT2D eigenvalue weighted by atomic mass is 9.96. The van der Waals surface area contributed by atoms with Crippen molar-refractivity contribution in [2.75, 3.05) is 18.0 Å². The second-order valence-electron chi connectivity index (χ2n) is 7.72. The fourth-order valence-corrected chi connectivity index (χ4v) is 5.75. The number of hydrogen-bond acceptors (Lipinski definition) is 5. The van der Waals surface area contributed by atoms with Crippen LogP contribution < -0.4 is 4.90 Å². The van der Waals surface area contributed by atoms with Gasteiger partial charge in [-0.15, -0.1) is 11.3 Å². The summed E-state index contributed by atoms with van der Waals surface area (Å²) in [4.78, 5) is 33.9. The second-order valence-corrected chi connectivity index (χ2v) is 9.59. The zero-order chi connectivity index (χ0) is 20.8. The molecule has 2 amide bonds. The van der Waals surface area contributed by atoms with Crippen molar-refractivity contribution >= 4 is 62.3 Å². The zero-order valence-electron chi connectivity index (χ0n) is 16.1. The Bertz CT molecular complexity index is 1110. The number of halogens is 2. The molecule has 5 rings (SSSR count). The number of benzene rings is 2. The van der Waals surface area contributed by atoms with E-state index in [4.69, 9.17) is 28.2 Å². The molecule has 0 saturated carbocycles. The van der Waals surface area contributed by atoms with Gasteiger partial charge in [-0.1, -0.05) is 35.3 Å². The van der Waals surface area contributed by atoms with Crippen LogP contribution in [0.2, 0.25) is 10.0 Å². The molecular formula is C22H19Cl2N3O2S. The molecule has 0 aliphatic carbocycles. The first-order chi connectivity index (χ1) is 14.5. The SMILES string of the molecule is O=C1C[C@@H](N2CCC(c3nc4ccccc4s3)CC2)C(=O)N1c1ccc(Cl)c(Cl)c1. The van der Waals surface area contributed by atoms with Crippen LogP contribution in [0.25, 0.3) is 10.2 Å². The highest BCUT2D eigenvalue weighted by Crippen LogP contribution is 2.36. The van der Waals surface area contributed by atoms with Gasteiger partial charge in [-0.3, -0.25) is 14.5 Å². The van der Waals surface area contributed by atoms with E-state index < -0.39 is 6.04 Å². The lowest BCUT2D eigenvalue weighted by Gasteiger charge is -2.34. The van der Waals surface area contributed by atoms with Crippen LogP contribution in [0.1, 0.15) is 30.2 Å². The largest absolute Gasteiger partial charge is 0.291 e. The minimum Gasteiger partial charge on any atom is -0.291 e. The molecule has 2 aromatic carbocycles. The fourth-order valence-electron chi connectivity index (χ4n) is 4.32. The first kappa shape index (κ1) is 19.9. The highest BCUT2D eigenvalue weighted by Gasteiger charge is 2.43. The van der Waals surface area contributed by atoms with Crippen LogP contribution in [0.5, 0.6) is 0 Å². The van der Waals surface area contributed by atoms with Crippen molar-refractivity contribution in [3.8, 4) is 0 Å². The minimum absolute atomic E-state index is 0.183. The number of nitrogens with zero attached hydrogens (tertiary/aromatic N) is 3. The van der Waals surface area contributed by atoms with E-state index in [0.29, 0.717) is 21.7 Å². The van der Waals surface area contributed by atoms with E-state index in [0.717, 1.165) is 31.4 Å². The summed E-state index contributed by atoms with van der Waals surface area (Å²) in [6.07, 6.45) is 2.07. The molecule has 2 aliphatic rings. The summed E-state index contributed by atoms with van der Waals surface area (Å²) < 4.78 is 1.21. The number of thiazole rings is 1. The number of para-hydroxylation sites is 1. The number of likely N-dealkylation sites (tertiary alicyclic amines) is 1. The topological polar surface area (TPSA) is 53.5 Å². The van der Waals surface area contributed by atoms with Crippen molar-refractivity contribution in [3.05, 3.63) is 57.5 Å². The van der Waals surface area contributed by atoms with E-state index in [1.807, 2.05) is 18.2 Å². The van der Waals surface area contributed by atoms with Crippen LogP contribution in [-0.2, 0) is 9.59 Å². The number of amides is 2. The fraction of sp³-hybridized carbons (Fsp3) is 0.318. The highest BCUT2D eigenvalue weighted by molar-refractivity contribution is 7.18. The molecule has 0 N–H and O–H groups in total. The third-order valence-electron chi connectivity index (χ3n) is 5.91. The third kappa shape index (κ3) is 3.52. The number of imide groups is 1. The number of carbonyl (C=O) groups is 2. The van der Waals surface area contributed by atoms with Gasteiger partial charge in [0.1, 0.15) is 0 Å². The summed E-state index contributed by atoms with van der Waals surface area (Å²) in [5, 5.41) is 1.89. The molecule has 2 aliphatic heterocycles. The molecule has 30 heavy (non-hydrogen) atoms. The normalized spacial score (nSPS) is 21.1. The summed E-state index contributed by atoms with van der Waals surface area (Å²) in [7, 11) is 0. The Morgan fingerprint density at radius 2 is 1.77 bits per heavy atom. The molecule has 0 spiro atoms. The van der Waals surface area contributed by atoms with E-state index in [1.165, 1.54) is 14.6 Å². The van der Waals surface area contributed by atoms with Crippen LogP contribution in [0, 0.1) is 0 Å². The van der Waals surface area contributed by atoms with Crippen LogP contribution in [0.3, 0.4) is 0 Å². The number of rotatable bonds is 3. The predicted molar refractivity (Wildman–Crippen MR) is 121 cm³/mol. The van der Waals surface area contributed by atoms with Crippen molar-refractivity contribution in [2.24, 2.45) is 0 Å². The van der Waals surface area contributed by atoms with Crippen molar-refractivity contribution in [3.63, 3.8) is 0 Å². The molecule has 3 heterocycles. The number of anilines is 1. The van der Waals surface area contributed by atoms with E-state index >= 15 is 0 Å². The van der Waals surface area contributed by atoms with Crippen molar-refractivity contribution < 1.29 is 9.59 Å². The van der Waals surface area contributed by atoms with Crippen LogP contribution in [-0.4, -0.2) is 40.8 Å². The Morgan fingerprint density at radius 3 is 2.50 bits per heavy atom. The maximum Gasteiger partial charge on any atom is 0.251 e. The lowest BCUT2D eigenvalue weighted by molar-refractivity contribution is -0.123. The van der Waals surface area contributed by atoms with Gasteiger partial charge in [0.15, 0.2) is 0 Å². The Hall–Kier alpha value is -1.99. The van der Waals surface area contributed by atoms with Gasteiger partial charge in [0.25, 0.3) is 5.91 Å². The van der Waals surface area contributed by atoms with Crippen LogP contribution in [0.4, 0.5) is 5.69 Å².